The molecular weight excluding hydrogens is 314 g/mol. The van der Waals surface area contributed by atoms with Gasteiger partial charge in [0, 0.05) is 0 Å². The zero-order valence-electron chi connectivity index (χ0n) is 12.3. The number of ether oxygens (including phenoxy) is 2. The van der Waals surface area contributed by atoms with Gasteiger partial charge in [-0.15, -0.1) is 0 Å². The molecule has 0 spiro atoms. The summed E-state index contributed by atoms with van der Waals surface area (Å²) in [6.45, 7) is -0.0704. The molecule has 24 heavy (non-hydrogen) atoms. The number of nitrogens with zero attached hydrogens (tertiary/aromatic N) is 1. The molecule has 120 valence electrons. The summed E-state index contributed by atoms with van der Waals surface area (Å²) >= 11 is 0. The average Bonchev–Trinajstić information content (AvgIpc) is 2.86. The van der Waals surface area contributed by atoms with Crippen LogP contribution in [0.2, 0.25) is 0 Å². The fourth-order valence-corrected chi connectivity index (χ4v) is 2.53. The Morgan fingerprint density at radius 2 is 1.54 bits per heavy atom. The van der Waals surface area contributed by atoms with Crippen molar-refractivity contribution in [3.63, 3.8) is 0 Å². The average molecular weight is 325 g/mol. The standard InChI is InChI=1S/C17H11NO6/c19-15-10-5-1-2-6-11(10)16(20)18(15)24-17(21)14-9-22-12-7-3-4-8-13(12)23-14/h1-8,14H,9H2. The minimum absolute atomic E-state index is 0.0704. The summed E-state index contributed by atoms with van der Waals surface area (Å²) in [4.78, 5) is 41.6. The third kappa shape index (κ3) is 2.18. The number of para-hydroxylation sites is 2. The molecular formula is C17H11NO6. The highest BCUT2D eigenvalue weighted by atomic mass is 16.7. The summed E-state index contributed by atoms with van der Waals surface area (Å²) in [5.41, 5.74) is 0.392. The van der Waals surface area contributed by atoms with E-state index in [9.17, 15) is 14.4 Å². The van der Waals surface area contributed by atoms with Crippen molar-refractivity contribution in [1.82, 2.24) is 5.06 Å². The van der Waals surface area contributed by atoms with Gasteiger partial charge in [0.15, 0.2) is 11.5 Å². The number of rotatable bonds is 2. The summed E-state index contributed by atoms with van der Waals surface area (Å²) in [5, 5.41) is 0.455. The molecule has 7 nitrogen and oxygen atoms in total. The van der Waals surface area contributed by atoms with Crippen LogP contribution in [0.1, 0.15) is 20.7 Å². The Hall–Kier alpha value is -3.35. The second-order valence-electron chi connectivity index (χ2n) is 5.22. The summed E-state index contributed by atoms with van der Waals surface area (Å²) in [6, 6.07) is 13.1. The van der Waals surface area contributed by atoms with Gasteiger partial charge in [-0.1, -0.05) is 29.3 Å². The lowest BCUT2D eigenvalue weighted by Crippen LogP contribution is -2.43. The van der Waals surface area contributed by atoms with E-state index in [2.05, 4.69) is 0 Å². The highest BCUT2D eigenvalue weighted by Gasteiger charge is 2.41. The minimum Gasteiger partial charge on any atom is -0.485 e. The van der Waals surface area contributed by atoms with Gasteiger partial charge in [-0.25, -0.2) is 4.79 Å². The number of imide groups is 1. The lowest BCUT2D eigenvalue weighted by molar-refractivity contribution is -0.179. The first kappa shape index (κ1) is 14.3. The van der Waals surface area contributed by atoms with E-state index in [1.54, 1.807) is 36.4 Å². The van der Waals surface area contributed by atoms with Gasteiger partial charge in [-0.3, -0.25) is 9.59 Å². The molecule has 2 heterocycles. The Balaban J connectivity index is 1.50. The molecule has 0 bridgehead atoms. The first-order valence-corrected chi connectivity index (χ1v) is 7.23. The van der Waals surface area contributed by atoms with Crippen LogP contribution in [0.4, 0.5) is 0 Å². The SMILES string of the molecule is O=C(ON1C(=O)c2ccccc2C1=O)C1COc2ccccc2O1. The van der Waals surface area contributed by atoms with E-state index in [0.29, 0.717) is 16.6 Å². The number of fused-ring (bicyclic) bond motifs is 2. The summed E-state index contributed by atoms with van der Waals surface area (Å²) in [5.74, 6) is -1.32. The minimum atomic E-state index is -1.07. The summed E-state index contributed by atoms with van der Waals surface area (Å²) in [6.07, 6.45) is -1.07. The molecule has 0 fully saturated rings. The molecule has 0 saturated heterocycles. The Morgan fingerprint density at radius 1 is 0.958 bits per heavy atom. The molecule has 2 aliphatic heterocycles. The van der Waals surface area contributed by atoms with Crippen molar-refractivity contribution in [2.45, 2.75) is 6.10 Å². The fraction of sp³-hybridized carbons (Fsp3) is 0.118. The summed E-state index contributed by atoms with van der Waals surface area (Å²) < 4.78 is 10.9. The van der Waals surface area contributed by atoms with Crippen molar-refractivity contribution >= 4 is 17.8 Å². The van der Waals surface area contributed by atoms with Crippen molar-refractivity contribution in [2.75, 3.05) is 6.61 Å². The highest BCUT2D eigenvalue weighted by molar-refractivity contribution is 6.20. The zero-order valence-corrected chi connectivity index (χ0v) is 12.3. The van der Waals surface area contributed by atoms with Gasteiger partial charge in [-0.05, 0) is 24.3 Å². The Morgan fingerprint density at radius 3 is 2.21 bits per heavy atom. The molecule has 0 aromatic heterocycles. The van der Waals surface area contributed by atoms with Gasteiger partial charge in [0.25, 0.3) is 11.8 Å². The second kappa shape index (κ2) is 5.38. The van der Waals surface area contributed by atoms with Crippen LogP contribution >= 0.6 is 0 Å². The molecule has 2 aromatic rings. The van der Waals surface area contributed by atoms with Crippen LogP contribution in [0.25, 0.3) is 0 Å². The molecule has 1 unspecified atom stereocenters. The van der Waals surface area contributed by atoms with E-state index in [0.717, 1.165) is 0 Å². The molecule has 0 saturated carbocycles. The highest BCUT2D eigenvalue weighted by Crippen LogP contribution is 2.31. The Kier molecular flexibility index (Phi) is 3.19. The van der Waals surface area contributed by atoms with E-state index in [1.165, 1.54) is 12.1 Å². The van der Waals surface area contributed by atoms with Crippen molar-refractivity contribution in [1.29, 1.82) is 0 Å². The lowest BCUT2D eigenvalue weighted by atomic mass is 10.1. The molecule has 4 rings (SSSR count). The number of hydroxylamine groups is 2. The van der Waals surface area contributed by atoms with Crippen LogP contribution in [0.3, 0.4) is 0 Å². The molecule has 2 amide bonds. The van der Waals surface area contributed by atoms with Crippen molar-refractivity contribution in [3.8, 4) is 11.5 Å². The second-order valence-corrected chi connectivity index (χ2v) is 5.22. The number of benzene rings is 2. The van der Waals surface area contributed by atoms with Crippen molar-refractivity contribution in [3.05, 3.63) is 59.7 Å². The topological polar surface area (TPSA) is 82.1 Å². The smallest absolute Gasteiger partial charge is 0.376 e. The van der Waals surface area contributed by atoms with Crippen LogP contribution in [0.5, 0.6) is 11.5 Å². The molecule has 1 atom stereocenters. The maximum Gasteiger partial charge on any atom is 0.376 e. The first-order valence-electron chi connectivity index (χ1n) is 7.23. The third-order valence-electron chi connectivity index (χ3n) is 3.71. The Labute approximate surface area is 136 Å². The van der Waals surface area contributed by atoms with Crippen LogP contribution < -0.4 is 9.47 Å². The fourth-order valence-electron chi connectivity index (χ4n) is 2.53. The number of hydrogen-bond acceptors (Lipinski definition) is 6. The van der Waals surface area contributed by atoms with Gasteiger partial charge in [0.1, 0.15) is 6.61 Å². The number of carbonyl (C=O) groups excluding carboxylic acids is 3. The van der Waals surface area contributed by atoms with E-state index in [4.69, 9.17) is 14.3 Å². The van der Waals surface area contributed by atoms with Gasteiger partial charge < -0.3 is 14.3 Å². The number of carbonyl (C=O) groups is 3. The normalized spacial score (nSPS) is 18.3. The van der Waals surface area contributed by atoms with E-state index in [-0.39, 0.29) is 17.7 Å². The number of amides is 2. The predicted molar refractivity (Wildman–Crippen MR) is 79.4 cm³/mol. The molecule has 2 aromatic carbocycles. The maximum absolute atomic E-state index is 12.2. The molecule has 7 heteroatoms. The maximum atomic E-state index is 12.2. The van der Waals surface area contributed by atoms with E-state index < -0.39 is 23.9 Å². The third-order valence-corrected chi connectivity index (χ3v) is 3.71. The number of hydrogen-bond donors (Lipinski definition) is 0. The molecule has 2 aliphatic rings. The van der Waals surface area contributed by atoms with Gasteiger partial charge in [0.2, 0.25) is 6.10 Å². The molecule has 0 radical (unpaired) electrons. The first-order chi connectivity index (χ1) is 11.6. The predicted octanol–water partition coefficient (Wildman–Crippen LogP) is 1.58. The zero-order chi connectivity index (χ0) is 16.7. The van der Waals surface area contributed by atoms with Crippen LogP contribution in [0, 0.1) is 0 Å². The van der Waals surface area contributed by atoms with Crippen LogP contribution in [-0.4, -0.2) is 35.6 Å². The van der Waals surface area contributed by atoms with Crippen molar-refractivity contribution in [2.24, 2.45) is 0 Å². The molecule has 0 N–H and O–H groups in total. The van der Waals surface area contributed by atoms with E-state index >= 15 is 0 Å². The largest absolute Gasteiger partial charge is 0.485 e. The quantitative estimate of drug-likeness (QED) is 0.780. The van der Waals surface area contributed by atoms with Gasteiger partial charge >= 0.3 is 5.97 Å². The van der Waals surface area contributed by atoms with Gasteiger partial charge in [-0.2, -0.15) is 0 Å². The monoisotopic (exact) mass is 325 g/mol. The lowest BCUT2D eigenvalue weighted by Gasteiger charge is -2.25. The van der Waals surface area contributed by atoms with Crippen LogP contribution in [-0.2, 0) is 9.63 Å². The van der Waals surface area contributed by atoms with Crippen molar-refractivity contribution < 1.29 is 28.7 Å². The summed E-state index contributed by atoms with van der Waals surface area (Å²) in [7, 11) is 0. The Bertz CT molecular complexity index is 827. The van der Waals surface area contributed by atoms with Crippen LogP contribution in [0.15, 0.2) is 48.5 Å². The van der Waals surface area contributed by atoms with Gasteiger partial charge in [0.05, 0.1) is 11.1 Å². The van der Waals surface area contributed by atoms with E-state index in [1.807, 2.05) is 0 Å². The molecule has 0 aliphatic carbocycles.